The minimum absolute atomic E-state index is 0.0353. The Balaban J connectivity index is 2.25. The summed E-state index contributed by atoms with van der Waals surface area (Å²) in [6, 6.07) is 11.7. The third-order valence-corrected chi connectivity index (χ3v) is 3.67. The van der Waals surface area contributed by atoms with Gasteiger partial charge in [-0.3, -0.25) is 4.79 Å². The van der Waals surface area contributed by atoms with Gasteiger partial charge in [-0.1, -0.05) is 35.0 Å². The molecule has 1 unspecified atom stereocenters. The van der Waals surface area contributed by atoms with Gasteiger partial charge < -0.3 is 11.1 Å². The highest BCUT2D eigenvalue weighted by Crippen LogP contribution is 2.21. The Morgan fingerprint density at radius 1 is 1.26 bits per heavy atom. The maximum atomic E-state index is 12.1. The number of nitrogens with one attached hydrogen (secondary N) is 1. The summed E-state index contributed by atoms with van der Waals surface area (Å²) < 4.78 is 1.03. The Kier molecular flexibility index (Phi) is 4.56. The molecule has 100 valence electrons. The van der Waals surface area contributed by atoms with Crippen molar-refractivity contribution in [1.82, 2.24) is 5.32 Å². The summed E-state index contributed by atoms with van der Waals surface area (Å²) in [5.41, 5.74) is 6.27. The molecular weight excluding hydrogens is 304 g/mol. The van der Waals surface area contributed by atoms with Gasteiger partial charge >= 0.3 is 0 Å². The Bertz CT molecular complexity index is 594. The van der Waals surface area contributed by atoms with E-state index >= 15 is 0 Å². The van der Waals surface area contributed by atoms with Gasteiger partial charge in [-0.25, -0.2) is 0 Å². The van der Waals surface area contributed by atoms with Gasteiger partial charge in [-0.2, -0.15) is 0 Å². The standard InChI is InChI=1S/C15H17BrN2O/c1-2-14(9-17)18-15(19)12-4-3-11-8-13(16)6-5-10(11)7-12/h3-8,14H,2,9,17H2,1H3,(H,18,19). The Morgan fingerprint density at radius 2 is 1.95 bits per heavy atom. The molecule has 19 heavy (non-hydrogen) atoms. The lowest BCUT2D eigenvalue weighted by atomic mass is 10.1. The molecule has 3 nitrogen and oxygen atoms in total. The molecule has 3 N–H and O–H groups in total. The minimum atomic E-state index is -0.0675. The number of fused-ring (bicyclic) bond motifs is 1. The van der Waals surface area contributed by atoms with Gasteiger partial charge in [0.2, 0.25) is 0 Å². The van der Waals surface area contributed by atoms with Gasteiger partial charge in [0.15, 0.2) is 0 Å². The molecule has 2 aromatic carbocycles. The summed E-state index contributed by atoms with van der Waals surface area (Å²) in [7, 11) is 0. The van der Waals surface area contributed by atoms with Gasteiger partial charge in [0.1, 0.15) is 0 Å². The molecule has 0 fully saturated rings. The fraction of sp³-hybridized carbons (Fsp3) is 0.267. The Morgan fingerprint density at radius 3 is 2.63 bits per heavy atom. The van der Waals surface area contributed by atoms with Crippen molar-refractivity contribution in [3.63, 3.8) is 0 Å². The van der Waals surface area contributed by atoms with E-state index in [4.69, 9.17) is 5.73 Å². The van der Waals surface area contributed by atoms with E-state index in [-0.39, 0.29) is 11.9 Å². The second kappa shape index (κ2) is 6.17. The van der Waals surface area contributed by atoms with Crippen LogP contribution in [0.15, 0.2) is 40.9 Å². The average Bonchev–Trinajstić information content (AvgIpc) is 2.43. The highest BCUT2D eigenvalue weighted by atomic mass is 79.9. The molecule has 0 saturated carbocycles. The normalized spacial score (nSPS) is 12.4. The molecule has 0 heterocycles. The van der Waals surface area contributed by atoms with Gasteiger partial charge in [0.25, 0.3) is 5.91 Å². The quantitative estimate of drug-likeness (QED) is 0.909. The number of hydrogen-bond acceptors (Lipinski definition) is 2. The van der Waals surface area contributed by atoms with E-state index in [1.807, 2.05) is 43.3 Å². The zero-order valence-corrected chi connectivity index (χ0v) is 12.4. The summed E-state index contributed by atoms with van der Waals surface area (Å²) >= 11 is 3.44. The molecule has 1 atom stereocenters. The molecule has 1 amide bonds. The Hall–Kier alpha value is -1.39. The predicted octanol–water partition coefficient (Wildman–Crippen LogP) is 3.07. The van der Waals surface area contributed by atoms with Crippen molar-refractivity contribution in [3.8, 4) is 0 Å². The first kappa shape index (κ1) is 14.0. The lowest BCUT2D eigenvalue weighted by Crippen LogP contribution is -2.39. The van der Waals surface area contributed by atoms with Crippen molar-refractivity contribution in [1.29, 1.82) is 0 Å². The van der Waals surface area contributed by atoms with Crippen LogP contribution >= 0.6 is 15.9 Å². The van der Waals surface area contributed by atoms with E-state index < -0.39 is 0 Å². The van der Waals surface area contributed by atoms with Crippen molar-refractivity contribution in [3.05, 3.63) is 46.4 Å². The lowest BCUT2D eigenvalue weighted by molar-refractivity contribution is 0.0937. The largest absolute Gasteiger partial charge is 0.348 e. The summed E-state index contributed by atoms with van der Waals surface area (Å²) in [6.45, 7) is 2.47. The van der Waals surface area contributed by atoms with Crippen molar-refractivity contribution >= 4 is 32.6 Å². The van der Waals surface area contributed by atoms with Gasteiger partial charge in [0.05, 0.1) is 0 Å². The number of halogens is 1. The van der Waals surface area contributed by atoms with Crippen LogP contribution in [0.25, 0.3) is 10.8 Å². The topological polar surface area (TPSA) is 55.1 Å². The SMILES string of the molecule is CCC(CN)NC(=O)c1ccc2cc(Br)ccc2c1. The Labute approximate surface area is 121 Å². The molecular formula is C15H17BrN2O. The zero-order valence-electron chi connectivity index (χ0n) is 10.8. The van der Waals surface area contributed by atoms with E-state index in [0.29, 0.717) is 12.1 Å². The molecule has 0 spiro atoms. The number of hydrogen-bond donors (Lipinski definition) is 2. The number of rotatable bonds is 4. The molecule has 0 aliphatic carbocycles. The molecule has 0 saturated heterocycles. The minimum Gasteiger partial charge on any atom is -0.348 e. The summed E-state index contributed by atoms with van der Waals surface area (Å²) in [6.07, 6.45) is 0.836. The van der Waals surface area contributed by atoms with Crippen LogP contribution < -0.4 is 11.1 Å². The molecule has 0 radical (unpaired) electrons. The van der Waals surface area contributed by atoms with Crippen LogP contribution in [0, 0.1) is 0 Å². The third-order valence-electron chi connectivity index (χ3n) is 3.18. The van der Waals surface area contributed by atoms with Gasteiger partial charge in [0, 0.05) is 22.6 Å². The van der Waals surface area contributed by atoms with E-state index in [2.05, 4.69) is 21.2 Å². The molecule has 2 rings (SSSR count). The van der Waals surface area contributed by atoms with Crippen molar-refractivity contribution in [2.75, 3.05) is 6.54 Å². The van der Waals surface area contributed by atoms with Crippen LogP contribution in [0.4, 0.5) is 0 Å². The number of nitrogens with two attached hydrogens (primary N) is 1. The fourth-order valence-corrected chi connectivity index (χ4v) is 2.33. The molecule has 0 aliphatic heterocycles. The van der Waals surface area contributed by atoms with Crippen molar-refractivity contribution < 1.29 is 4.79 Å². The van der Waals surface area contributed by atoms with Gasteiger partial charge in [-0.05, 0) is 41.5 Å². The van der Waals surface area contributed by atoms with Gasteiger partial charge in [-0.15, -0.1) is 0 Å². The monoisotopic (exact) mass is 320 g/mol. The molecule has 0 aromatic heterocycles. The maximum absolute atomic E-state index is 12.1. The second-order valence-electron chi connectivity index (χ2n) is 4.52. The number of amides is 1. The summed E-state index contributed by atoms with van der Waals surface area (Å²) in [5, 5.41) is 5.10. The van der Waals surface area contributed by atoms with E-state index in [1.54, 1.807) is 0 Å². The second-order valence-corrected chi connectivity index (χ2v) is 5.44. The lowest BCUT2D eigenvalue weighted by Gasteiger charge is -2.14. The maximum Gasteiger partial charge on any atom is 0.251 e. The van der Waals surface area contributed by atoms with Crippen LogP contribution in [0.5, 0.6) is 0 Å². The van der Waals surface area contributed by atoms with Crippen LogP contribution in [-0.4, -0.2) is 18.5 Å². The van der Waals surface area contributed by atoms with Crippen LogP contribution in [0.1, 0.15) is 23.7 Å². The van der Waals surface area contributed by atoms with Crippen molar-refractivity contribution in [2.45, 2.75) is 19.4 Å². The van der Waals surface area contributed by atoms with E-state index in [0.717, 1.165) is 21.7 Å². The highest BCUT2D eigenvalue weighted by Gasteiger charge is 2.11. The van der Waals surface area contributed by atoms with E-state index in [1.165, 1.54) is 0 Å². The first-order valence-electron chi connectivity index (χ1n) is 6.34. The number of carbonyl (C=O) groups is 1. The molecule has 0 aliphatic rings. The van der Waals surface area contributed by atoms with Crippen LogP contribution in [-0.2, 0) is 0 Å². The van der Waals surface area contributed by atoms with E-state index in [9.17, 15) is 4.79 Å². The fourth-order valence-electron chi connectivity index (χ4n) is 1.95. The van der Waals surface area contributed by atoms with Crippen LogP contribution in [0.3, 0.4) is 0 Å². The predicted molar refractivity (Wildman–Crippen MR) is 82.2 cm³/mol. The summed E-state index contributed by atoms with van der Waals surface area (Å²) in [4.78, 5) is 12.1. The highest BCUT2D eigenvalue weighted by molar-refractivity contribution is 9.10. The first-order valence-corrected chi connectivity index (χ1v) is 7.13. The smallest absolute Gasteiger partial charge is 0.251 e. The first-order chi connectivity index (χ1) is 9.13. The number of carbonyl (C=O) groups excluding carboxylic acids is 1. The summed E-state index contributed by atoms with van der Waals surface area (Å²) in [5.74, 6) is -0.0675. The third kappa shape index (κ3) is 3.33. The average molecular weight is 321 g/mol. The molecule has 2 aromatic rings. The molecule has 0 bridgehead atoms. The zero-order chi connectivity index (χ0) is 13.8. The van der Waals surface area contributed by atoms with Crippen molar-refractivity contribution in [2.24, 2.45) is 5.73 Å². The van der Waals surface area contributed by atoms with Crippen LogP contribution in [0.2, 0.25) is 0 Å². The molecule has 4 heteroatoms. The number of benzene rings is 2.